The van der Waals surface area contributed by atoms with Crippen molar-refractivity contribution in [1.82, 2.24) is 14.8 Å². The second-order valence-corrected chi connectivity index (χ2v) is 6.84. The molecule has 0 unspecified atom stereocenters. The average molecular weight is 397 g/mol. The fraction of sp³-hybridized carbons (Fsp3) is 0.200. The quantitative estimate of drug-likeness (QED) is 0.497. The van der Waals surface area contributed by atoms with Crippen molar-refractivity contribution >= 4 is 29.2 Å². The Balaban J connectivity index is 1.54. The summed E-state index contributed by atoms with van der Waals surface area (Å²) in [7, 11) is 0. The lowest BCUT2D eigenvalue weighted by atomic mass is 10.3. The van der Waals surface area contributed by atoms with Crippen LogP contribution in [0.3, 0.4) is 0 Å². The van der Waals surface area contributed by atoms with Gasteiger partial charge in [0.2, 0.25) is 5.91 Å². The molecule has 142 valence electrons. The van der Waals surface area contributed by atoms with Crippen LogP contribution >= 0.6 is 11.6 Å². The largest absolute Gasteiger partial charge is 0.421 e. The molecule has 0 radical (unpaired) electrons. The van der Waals surface area contributed by atoms with Gasteiger partial charge in [-0.25, -0.2) is 14.5 Å². The van der Waals surface area contributed by atoms with E-state index in [-0.39, 0.29) is 11.7 Å². The van der Waals surface area contributed by atoms with E-state index in [1.165, 1.54) is 0 Å². The molecule has 2 aromatic carbocycles. The van der Waals surface area contributed by atoms with Crippen molar-refractivity contribution in [2.24, 2.45) is 0 Å². The van der Waals surface area contributed by atoms with Crippen molar-refractivity contribution in [2.75, 3.05) is 11.4 Å². The lowest BCUT2D eigenvalue weighted by molar-refractivity contribution is -0.117. The van der Waals surface area contributed by atoms with E-state index in [0.717, 1.165) is 12.1 Å². The molecule has 8 heteroatoms. The van der Waals surface area contributed by atoms with Crippen LogP contribution in [-0.2, 0) is 4.79 Å². The highest BCUT2D eigenvalue weighted by molar-refractivity contribution is 6.30. The van der Waals surface area contributed by atoms with Crippen molar-refractivity contribution in [1.29, 1.82) is 0 Å². The van der Waals surface area contributed by atoms with Gasteiger partial charge in [-0.1, -0.05) is 17.7 Å². The molecule has 3 aromatic rings. The first kappa shape index (κ1) is 18.2. The van der Waals surface area contributed by atoms with Crippen LogP contribution in [0.2, 0.25) is 5.02 Å². The standard InChI is InChI=1S/C20H17ClN4O3/c1-13-22-19(23-25(13)15-9-7-14(21)8-10-15)20(27)28-17-5-2-4-16(12-17)24-11-3-6-18(24)26/h2,4-5,7-10,12H,3,6,11H2,1H3. The molecule has 2 heterocycles. The molecular formula is C20H17ClN4O3. The topological polar surface area (TPSA) is 77.3 Å². The van der Waals surface area contributed by atoms with Crippen LogP contribution < -0.4 is 9.64 Å². The minimum absolute atomic E-state index is 0.0462. The fourth-order valence-electron chi connectivity index (χ4n) is 3.09. The second-order valence-electron chi connectivity index (χ2n) is 6.41. The predicted octanol–water partition coefficient (Wildman–Crippen LogP) is 3.58. The molecule has 0 aliphatic carbocycles. The zero-order valence-electron chi connectivity index (χ0n) is 15.1. The number of hydrogen-bond acceptors (Lipinski definition) is 5. The van der Waals surface area contributed by atoms with Crippen LogP contribution in [0.5, 0.6) is 5.75 Å². The summed E-state index contributed by atoms with van der Waals surface area (Å²) in [6.07, 6.45) is 1.36. The number of aromatic nitrogens is 3. The van der Waals surface area contributed by atoms with Gasteiger partial charge in [-0.15, -0.1) is 5.10 Å². The number of esters is 1. The van der Waals surface area contributed by atoms with Crippen molar-refractivity contribution in [3.63, 3.8) is 0 Å². The predicted molar refractivity (Wildman–Crippen MR) is 104 cm³/mol. The maximum atomic E-state index is 12.5. The van der Waals surface area contributed by atoms with Gasteiger partial charge in [0.05, 0.1) is 5.69 Å². The lowest BCUT2D eigenvalue weighted by Crippen LogP contribution is -2.23. The molecule has 0 atom stereocenters. The number of benzene rings is 2. The number of hydrogen-bond donors (Lipinski definition) is 0. The number of aryl methyl sites for hydroxylation is 1. The molecule has 28 heavy (non-hydrogen) atoms. The third kappa shape index (κ3) is 3.61. The number of amides is 1. The van der Waals surface area contributed by atoms with Crippen molar-refractivity contribution < 1.29 is 14.3 Å². The van der Waals surface area contributed by atoms with Gasteiger partial charge < -0.3 is 9.64 Å². The summed E-state index contributed by atoms with van der Waals surface area (Å²) in [6, 6.07) is 13.9. The number of halogens is 1. The van der Waals surface area contributed by atoms with Gasteiger partial charge in [0.25, 0.3) is 5.82 Å². The van der Waals surface area contributed by atoms with E-state index < -0.39 is 5.97 Å². The van der Waals surface area contributed by atoms with Gasteiger partial charge in [0.15, 0.2) is 0 Å². The van der Waals surface area contributed by atoms with E-state index in [9.17, 15) is 9.59 Å². The van der Waals surface area contributed by atoms with Crippen molar-refractivity contribution in [3.05, 3.63) is 65.2 Å². The van der Waals surface area contributed by atoms with Crippen LogP contribution in [0, 0.1) is 6.92 Å². The third-order valence-electron chi connectivity index (χ3n) is 4.44. The highest BCUT2D eigenvalue weighted by Crippen LogP contribution is 2.25. The van der Waals surface area contributed by atoms with Crippen molar-refractivity contribution in [2.45, 2.75) is 19.8 Å². The zero-order valence-corrected chi connectivity index (χ0v) is 15.9. The molecule has 1 aliphatic heterocycles. The first-order valence-electron chi connectivity index (χ1n) is 8.83. The molecule has 1 fully saturated rings. The minimum Gasteiger partial charge on any atom is -0.421 e. The summed E-state index contributed by atoms with van der Waals surface area (Å²) in [6.45, 7) is 2.42. The molecule has 7 nitrogen and oxygen atoms in total. The molecular weight excluding hydrogens is 380 g/mol. The molecule has 1 amide bonds. The molecule has 4 rings (SSSR count). The highest BCUT2D eigenvalue weighted by Gasteiger charge is 2.23. The number of nitrogens with zero attached hydrogens (tertiary/aromatic N) is 4. The van der Waals surface area contributed by atoms with Gasteiger partial charge >= 0.3 is 5.97 Å². The molecule has 0 N–H and O–H groups in total. The summed E-state index contributed by atoms with van der Waals surface area (Å²) in [5.74, 6) is 0.242. The first-order chi connectivity index (χ1) is 13.5. The highest BCUT2D eigenvalue weighted by atomic mass is 35.5. The summed E-state index contributed by atoms with van der Waals surface area (Å²) in [5, 5.41) is 4.85. The Morgan fingerprint density at radius 1 is 1.14 bits per heavy atom. The smallest absolute Gasteiger partial charge is 0.383 e. The monoisotopic (exact) mass is 396 g/mol. The average Bonchev–Trinajstić information content (AvgIpc) is 3.28. The second kappa shape index (κ2) is 7.44. The minimum atomic E-state index is -0.666. The molecule has 1 aromatic heterocycles. The number of carbonyl (C=O) groups is 2. The van der Waals surface area contributed by atoms with E-state index in [4.69, 9.17) is 16.3 Å². The van der Waals surface area contributed by atoms with Crippen LogP contribution in [0.15, 0.2) is 48.5 Å². The third-order valence-corrected chi connectivity index (χ3v) is 4.69. The van der Waals surface area contributed by atoms with E-state index in [0.29, 0.717) is 35.2 Å². The van der Waals surface area contributed by atoms with Crippen LogP contribution in [0.1, 0.15) is 29.3 Å². The number of carbonyl (C=O) groups excluding carboxylic acids is 2. The van der Waals surface area contributed by atoms with Gasteiger partial charge in [-0.2, -0.15) is 0 Å². The number of anilines is 1. The van der Waals surface area contributed by atoms with E-state index >= 15 is 0 Å². The van der Waals surface area contributed by atoms with Crippen LogP contribution in [0.25, 0.3) is 5.69 Å². The van der Waals surface area contributed by atoms with Crippen molar-refractivity contribution in [3.8, 4) is 11.4 Å². The maximum Gasteiger partial charge on any atom is 0.383 e. The molecule has 1 saturated heterocycles. The summed E-state index contributed by atoms with van der Waals surface area (Å²) >= 11 is 5.91. The molecule has 1 aliphatic rings. The molecule has 0 saturated carbocycles. The van der Waals surface area contributed by atoms with E-state index in [2.05, 4.69) is 10.1 Å². The Hall–Kier alpha value is -3.19. The summed E-state index contributed by atoms with van der Waals surface area (Å²) in [5.41, 5.74) is 1.45. The van der Waals surface area contributed by atoms with Gasteiger partial charge in [0, 0.05) is 29.7 Å². The fourth-order valence-corrected chi connectivity index (χ4v) is 3.22. The summed E-state index contributed by atoms with van der Waals surface area (Å²) < 4.78 is 6.97. The lowest BCUT2D eigenvalue weighted by Gasteiger charge is -2.16. The Kier molecular flexibility index (Phi) is 4.83. The zero-order chi connectivity index (χ0) is 19.7. The normalized spacial score (nSPS) is 13.8. The van der Waals surface area contributed by atoms with Crippen LogP contribution in [-0.4, -0.2) is 33.2 Å². The first-order valence-corrected chi connectivity index (χ1v) is 9.21. The Bertz CT molecular complexity index is 1050. The molecule has 0 bridgehead atoms. The van der Waals surface area contributed by atoms with Gasteiger partial charge in [-0.05, 0) is 49.7 Å². The Labute approximate surface area is 166 Å². The van der Waals surface area contributed by atoms with E-state index in [1.807, 2.05) is 6.07 Å². The Morgan fingerprint density at radius 3 is 2.64 bits per heavy atom. The maximum absolute atomic E-state index is 12.5. The van der Waals surface area contributed by atoms with Gasteiger partial charge in [-0.3, -0.25) is 4.79 Å². The van der Waals surface area contributed by atoms with E-state index in [1.54, 1.807) is 59.0 Å². The molecule has 0 spiro atoms. The number of rotatable bonds is 4. The van der Waals surface area contributed by atoms with Gasteiger partial charge in [0.1, 0.15) is 11.6 Å². The number of ether oxygens (including phenoxy) is 1. The SMILES string of the molecule is Cc1nc(C(=O)Oc2cccc(N3CCCC3=O)c2)nn1-c1ccc(Cl)cc1. The van der Waals surface area contributed by atoms with Crippen LogP contribution in [0.4, 0.5) is 5.69 Å². The summed E-state index contributed by atoms with van der Waals surface area (Å²) in [4.78, 5) is 30.3. The Morgan fingerprint density at radius 2 is 1.93 bits per heavy atom.